The molecule has 0 aromatic heterocycles. The Morgan fingerprint density at radius 1 is 1.17 bits per heavy atom. The average molecular weight is 345 g/mol. The number of rotatable bonds is 6. The second-order valence-electron chi connectivity index (χ2n) is 7.17. The SMILES string of the molecule is C=C[Si](C)(C=C)c1ccc(C(=O)OOC2CC(C)CCC2C)cc1. The summed E-state index contributed by atoms with van der Waals surface area (Å²) in [6, 6.07) is 7.48. The number of carbonyl (C=O) groups excluding carboxylic acids is 1. The van der Waals surface area contributed by atoms with E-state index in [9.17, 15) is 4.79 Å². The fourth-order valence-electron chi connectivity index (χ4n) is 3.05. The maximum atomic E-state index is 12.2. The summed E-state index contributed by atoms with van der Waals surface area (Å²) in [5.41, 5.74) is 4.45. The highest BCUT2D eigenvalue weighted by atomic mass is 28.3. The number of benzene rings is 1. The molecule has 0 saturated heterocycles. The van der Waals surface area contributed by atoms with Crippen LogP contribution in [0.1, 0.15) is 43.5 Å². The van der Waals surface area contributed by atoms with E-state index in [2.05, 4.69) is 33.6 Å². The van der Waals surface area contributed by atoms with Gasteiger partial charge in [-0.3, -0.25) is 4.89 Å². The predicted octanol–water partition coefficient (Wildman–Crippen LogP) is 4.34. The van der Waals surface area contributed by atoms with Crippen LogP contribution < -0.4 is 5.19 Å². The smallest absolute Gasteiger partial charge is 0.293 e. The molecule has 1 aliphatic rings. The molecule has 1 aliphatic carbocycles. The van der Waals surface area contributed by atoms with Crippen molar-refractivity contribution in [1.29, 1.82) is 0 Å². The molecule has 1 aromatic carbocycles. The van der Waals surface area contributed by atoms with Gasteiger partial charge in [-0.05, 0) is 36.8 Å². The Kier molecular flexibility index (Phi) is 6.19. The first-order chi connectivity index (χ1) is 11.4. The zero-order valence-electron chi connectivity index (χ0n) is 15.0. The van der Waals surface area contributed by atoms with Gasteiger partial charge in [0.1, 0.15) is 14.2 Å². The van der Waals surface area contributed by atoms with E-state index < -0.39 is 14.0 Å². The molecule has 3 atom stereocenters. The molecular weight excluding hydrogens is 316 g/mol. The molecule has 1 fully saturated rings. The highest BCUT2D eigenvalue weighted by molar-refractivity contribution is 6.98. The van der Waals surface area contributed by atoms with Crippen molar-refractivity contribution in [2.24, 2.45) is 11.8 Å². The van der Waals surface area contributed by atoms with Crippen LogP contribution in [0.25, 0.3) is 0 Å². The van der Waals surface area contributed by atoms with E-state index in [1.54, 1.807) is 12.1 Å². The van der Waals surface area contributed by atoms with Crippen molar-refractivity contribution < 1.29 is 14.6 Å². The van der Waals surface area contributed by atoms with Gasteiger partial charge < -0.3 is 0 Å². The van der Waals surface area contributed by atoms with Crippen molar-refractivity contribution in [3.8, 4) is 0 Å². The third-order valence-corrected chi connectivity index (χ3v) is 8.50. The Hall–Kier alpha value is -1.65. The zero-order valence-corrected chi connectivity index (χ0v) is 16.0. The monoisotopic (exact) mass is 344 g/mol. The van der Waals surface area contributed by atoms with Gasteiger partial charge in [0, 0.05) is 0 Å². The second kappa shape index (κ2) is 7.95. The van der Waals surface area contributed by atoms with Crippen molar-refractivity contribution in [3.05, 3.63) is 54.4 Å². The lowest BCUT2D eigenvalue weighted by Crippen LogP contribution is -2.40. The first-order valence-corrected chi connectivity index (χ1v) is 11.3. The second-order valence-corrected chi connectivity index (χ2v) is 11.1. The van der Waals surface area contributed by atoms with E-state index in [1.807, 2.05) is 23.5 Å². The van der Waals surface area contributed by atoms with Gasteiger partial charge in [-0.25, -0.2) is 4.79 Å². The minimum Gasteiger partial charge on any atom is -0.293 e. The Bertz CT molecular complexity index is 585. The Morgan fingerprint density at radius 2 is 1.79 bits per heavy atom. The lowest BCUT2D eigenvalue weighted by Gasteiger charge is -2.30. The van der Waals surface area contributed by atoms with Gasteiger partial charge in [0.2, 0.25) is 0 Å². The third-order valence-electron chi connectivity index (χ3n) is 5.22. The van der Waals surface area contributed by atoms with Crippen LogP contribution in [0.4, 0.5) is 0 Å². The zero-order chi connectivity index (χ0) is 17.7. The van der Waals surface area contributed by atoms with Crippen molar-refractivity contribution >= 4 is 19.2 Å². The first-order valence-electron chi connectivity index (χ1n) is 8.65. The van der Waals surface area contributed by atoms with E-state index in [0.717, 1.165) is 12.8 Å². The van der Waals surface area contributed by atoms with Crippen molar-refractivity contribution in [3.63, 3.8) is 0 Å². The van der Waals surface area contributed by atoms with E-state index in [4.69, 9.17) is 9.78 Å². The molecule has 1 saturated carbocycles. The summed E-state index contributed by atoms with van der Waals surface area (Å²) in [6.07, 6.45) is 3.26. The number of carbonyl (C=O) groups is 1. The molecule has 0 N–H and O–H groups in total. The van der Waals surface area contributed by atoms with Crippen LogP contribution in [0.5, 0.6) is 0 Å². The fraction of sp³-hybridized carbons (Fsp3) is 0.450. The first kappa shape index (κ1) is 18.7. The summed E-state index contributed by atoms with van der Waals surface area (Å²) in [4.78, 5) is 22.7. The quantitative estimate of drug-likeness (QED) is 0.437. The molecule has 130 valence electrons. The topological polar surface area (TPSA) is 35.5 Å². The van der Waals surface area contributed by atoms with Crippen molar-refractivity contribution in [2.75, 3.05) is 0 Å². The maximum Gasteiger partial charge on any atom is 0.373 e. The van der Waals surface area contributed by atoms with Crippen molar-refractivity contribution in [2.45, 2.75) is 45.8 Å². The summed E-state index contributed by atoms with van der Waals surface area (Å²) in [7, 11) is -1.85. The Balaban J connectivity index is 1.98. The lowest BCUT2D eigenvalue weighted by molar-refractivity contribution is -0.291. The molecule has 0 spiro atoms. The standard InChI is InChI=1S/C20H28O3Si/c1-6-24(5,7-2)18-12-10-17(11-13-18)20(21)23-22-19-14-15(3)8-9-16(19)4/h6-7,10-13,15-16,19H,1-2,8-9,14H2,3-5H3. The van der Waals surface area contributed by atoms with Gasteiger partial charge in [0.15, 0.2) is 0 Å². The van der Waals surface area contributed by atoms with Gasteiger partial charge in [-0.1, -0.05) is 55.5 Å². The van der Waals surface area contributed by atoms with Crippen LogP contribution in [0.3, 0.4) is 0 Å². The molecule has 3 unspecified atom stereocenters. The van der Waals surface area contributed by atoms with Crippen LogP contribution in [-0.4, -0.2) is 20.1 Å². The fourth-order valence-corrected chi connectivity index (χ4v) is 4.58. The molecule has 0 aliphatic heterocycles. The average Bonchev–Trinajstić information content (AvgIpc) is 2.61. The van der Waals surface area contributed by atoms with Crippen LogP contribution in [0, 0.1) is 11.8 Å². The van der Waals surface area contributed by atoms with E-state index >= 15 is 0 Å². The summed E-state index contributed by atoms with van der Waals surface area (Å²) in [6.45, 7) is 14.3. The third kappa shape index (κ3) is 4.25. The van der Waals surface area contributed by atoms with E-state index in [-0.39, 0.29) is 6.10 Å². The molecule has 0 amide bonds. The largest absolute Gasteiger partial charge is 0.373 e. The van der Waals surface area contributed by atoms with Crippen LogP contribution in [0.2, 0.25) is 6.55 Å². The summed E-state index contributed by atoms with van der Waals surface area (Å²) < 4.78 is 0. The molecule has 0 radical (unpaired) electrons. The maximum absolute atomic E-state index is 12.2. The van der Waals surface area contributed by atoms with E-state index in [0.29, 0.717) is 17.4 Å². The summed E-state index contributed by atoms with van der Waals surface area (Å²) in [5.74, 6) is 0.598. The molecule has 0 bridgehead atoms. The van der Waals surface area contributed by atoms with Gasteiger partial charge >= 0.3 is 5.97 Å². The van der Waals surface area contributed by atoms with Crippen LogP contribution >= 0.6 is 0 Å². The highest BCUT2D eigenvalue weighted by Gasteiger charge is 2.28. The normalized spacial score (nSPS) is 24.2. The van der Waals surface area contributed by atoms with Crippen LogP contribution in [-0.2, 0) is 9.78 Å². The molecule has 3 nitrogen and oxygen atoms in total. The number of hydrogen-bond acceptors (Lipinski definition) is 3. The summed E-state index contributed by atoms with van der Waals surface area (Å²) in [5, 5.41) is 1.17. The summed E-state index contributed by atoms with van der Waals surface area (Å²) >= 11 is 0. The van der Waals surface area contributed by atoms with Gasteiger partial charge in [0.25, 0.3) is 0 Å². The van der Waals surface area contributed by atoms with E-state index in [1.165, 1.54) is 11.6 Å². The lowest BCUT2D eigenvalue weighted by atomic mass is 9.82. The van der Waals surface area contributed by atoms with Crippen LogP contribution in [0.15, 0.2) is 48.8 Å². The predicted molar refractivity (Wildman–Crippen MR) is 101 cm³/mol. The molecular formula is C20H28O3Si. The van der Waals surface area contributed by atoms with Gasteiger partial charge in [-0.2, -0.15) is 4.89 Å². The Labute approximate surface area is 146 Å². The van der Waals surface area contributed by atoms with Gasteiger partial charge in [0.05, 0.1) is 5.56 Å². The molecule has 2 rings (SSSR count). The molecule has 1 aromatic rings. The van der Waals surface area contributed by atoms with Crippen molar-refractivity contribution in [1.82, 2.24) is 0 Å². The molecule has 24 heavy (non-hydrogen) atoms. The molecule has 0 heterocycles. The number of hydrogen-bond donors (Lipinski definition) is 0. The highest BCUT2D eigenvalue weighted by Crippen LogP contribution is 2.30. The molecule has 4 heteroatoms. The van der Waals surface area contributed by atoms with Gasteiger partial charge in [-0.15, -0.1) is 13.2 Å². The minimum absolute atomic E-state index is 0.00537. The minimum atomic E-state index is -1.85. The Morgan fingerprint density at radius 3 is 2.38 bits per heavy atom.